The second-order valence-electron chi connectivity index (χ2n) is 9.76. The van der Waals surface area contributed by atoms with E-state index in [9.17, 15) is 19.2 Å². The Kier molecular flexibility index (Phi) is 4.42. The van der Waals surface area contributed by atoms with Crippen molar-refractivity contribution < 1.29 is 23.9 Å². The first-order valence-corrected chi connectivity index (χ1v) is 12.2. The lowest BCUT2D eigenvalue weighted by molar-refractivity contribution is -0.0210. The molecule has 4 aromatic rings. The standard InChI is InChI=1S/C32H20O5/c33-26-21-15-7-8-16-22(21)27(34)31(26)25(19-11-3-1-4-12-19)32(37-30(31)20-13-5-2-6-14-20)28(35)23-17-9-10-18-24(23)29(32)36/h1-18,25,30H/t25-,30-/m1/s1. The summed E-state index contributed by atoms with van der Waals surface area (Å²) in [5, 5.41) is 0. The van der Waals surface area contributed by atoms with Gasteiger partial charge in [0.1, 0.15) is 11.5 Å². The van der Waals surface area contributed by atoms with Crippen molar-refractivity contribution in [1.29, 1.82) is 0 Å². The largest absolute Gasteiger partial charge is 0.348 e. The predicted molar refractivity (Wildman–Crippen MR) is 135 cm³/mol. The van der Waals surface area contributed by atoms with Crippen molar-refractivity contribution in [1.82, 2.24) is 0 Å². The Bertz CT molecular complexity index is 1570. The molecule has 2 spiro atoms. The highest BCUT2D eigenvalue weighted by atomic mass is 16.5. The van der Waals surface area contributed by atoms with Crippen LogP contribution in [0.2, 0.25) is 0 Å². The lowest BCUT2D eigenvalue weighted by atomic mass is 9.60. The summed E-state index contributed by atoms with van der Waals surface area (Å²) >= 11 is 0. The van der Waals surface area contributed by atoms with Gasteiger partial charge in [-0.3, -0.25) is 19.2 Å². The number of ketones is 4. The Labute approximate surface area is 212 Å². The van der Waals surface area contributed by atoms with Gasteiger partial charge in [0.25, 0.3) is 0 Å². The summed E-state index contributed by atoms with van der Waals surface area (Å²) in [6, 6.07) is 31.1. The van der Waals surface area contributed by atoms with Crippen molar-refractivity contribution in [3.63, 3.8) is 0 Å². The SMILES string of the molecule is O=C1c2ccccc2C(=O)C12O[C@H](c1ccccc1)C1(C(=O)c3ccccc3C1=O)[C@H]2c1ccccc1. The molecule has 1 aliphatic heterocycles. The maximum Gasteiger partial charge on any atom is 0.204 e. The summed E-state index contributed by atoms with van der Waals surface area (Å²) in [5.41, 5.74) is -1.74. The van der Waals surface area contributed by atoms with Gasteiger partial charge in [-0.1, -0.05) is 109 Å². The lowest BCUT2D eigenvalue weighted by Gasteiger charge is -2.34. The quantitative estimate of drug-likeness (QED) is 0.355. The van der Waals surface area contributed by atoms with Crippen LogP contribution in [0.1, 0.15) is 64.6 Å². The Balaban J connectivity index is 1.60. The number of carbonyl (C=O) groups is 4. The van der Waals surface area contributed by atoms with Crippen LogP contribution < -0.4 is 0 Å². The molecule has 0 saturated carbocycles. The molecule has 1 saturated heterocycles. The molecule has 0 N–H and O–H groups in total. The van der Waals surface area contributed by atoms with Crippen molar-refractivity contribution >= 4 is 23.1 Å². The minimum atomic E-state index is -2.06. The molecule has 1 heterocycles. The zero-order chi connectivity index (χ0) is 25.4. The fourth-order valence-electron chi connectivity index (χ4n) is 6.60. The van der Waals surface area contributed by atoms with Crippen LogP contribution in [0.3, 0.4) is 0 Å². The van der Waals surface area contributed by atoms with Crippen molar-refractivity contribution in [2.45, 2.75) is 17.6 Å². The van der Waals surface area contributed by atoms with Gasteiger partial charge in [-0.05, 0) is 11.1 Å². The van der Waals surface area contributed by atoms with Crippen LogP contribution >= 0.6 is 0 Å². The fourth-order valence-corrected chi connectivity index (χ4v) is 6.60. The van der Waals surface area contributed by atoms with E-state index in [2.05, 4.69) is 0 Å². The van der Waals surface area contributed by atoms with Gasteiger partial charge in [0.05, 0.1) is 5.92 Å². The van der Waals surface area contributed by atoms with E-state index in [1.165, 1.54) is 0 Å². The summed E-state index contributed by atoms with van der Waals surface area (Å²) in [7, 11) is 0. The molecule has 5 nitrogen and oxygen atoms in total. The number of benzene rings is 4. The van der Waals surface area contributed by atoms with Crippen molar-refractivity contribution in [3.05, 3.63) is 143 Å². The zero-order valence-corrected chi connectivity index (χ0v) is 19.6. The van der Waals surface area contributed by atoms with E-state index >= 15 is 0 Å². The first-order valence-electron chi connectivity index (χ1n) is 12.2. The van der Waals surface area contributed by atoms with Crippen LogP contribution in [0.4, 0.5) is 0 Å². The molecule has 5 heteroatoms. The molecule has 0 radical (unpaired) electrons. The minimum absolute atomic E-state index is 0.243. The molecule has 0 aromatic heterocycles. The summed E-state index contributed by atoms with van der Waals surface area (Å²) in [6.07, 6.45) is -1.14. The molecule has 3 aliphatic rings. The van der Waals surface area contributed by atoms with Crippen molar-refractivity contribution in [2.24, 2.45) is 5.41 Å². The highest BCUT2D eigenvalue weighted by Crippen LogP contribution is 2.67. The smallest absolute Gasteiger partial charge is 0.204 e. The normalized spacial score (nSPS) is 22.6. The van der Waals surface area contributed by atoms with Gasteiger partial charge in [-0.25, -0.2) is 0 Å². The molecule has 0 amide bonds. The molecule has 7 rings (SSSR count). The number of rotatable bonds is 2. The second-order valence-corrected chi connectivity index (χ2v) is 9.76. The Hall–Kier alpha value is -4.48. The molecule has 4 aromatic carbocycles. The maximum absolute atomic E-state index is 14.5. The third-order valence-electron chi connectivity index (χ3n) is 8.07. The van der Waals surface area contributed by atoms with E-state index in [4.69, 9.17) is 4.74 Å². The van der Waals surface area contributed by atoms with Gasteiger partial charge >= 0.3 is 0 Å². The highest BCUT2D eigenvalue weighted by Gasteiger charge is 2.79. The summed E-state index contributed by atoms with van der Waals surface area (Å²) in [5.74, 6) is -3.05. The predicted octanol–water partition coefficient (Wildman–Crippen LogP) is 5.43. The summed E-state index contributed by atoms with van der Waals surface area (Å²) in [4.78, 5) is 57.5. The van der Waals surface area contributed by atoms with E-state index < -0.39 is 46.2 Å². The molecule has 2 aliphatic carbocycles. The van der Waals surface area contributed by atoms with Crippen LogP contribution in [0.25, 0.3) is 0 Å². The maximum atomic E-state index is 14.5. The Morgan fingerprint density at radius 3 is 1.30 bits per heavy atom. The summed E-state index contributed by atoms with van der Waals surface area (Å²) in [6.45, 7) is 0. The minimum Gasteiger partial charge on any atom is -0.348 e. The van der Waals surface area contributed by atoms with Crippen molar-refractivity contribution in [3.8, 4) is 0 Å². The van der Waals surface area contributed by atoms with E-state index in [-0.39, 0.29) is 22.3 Å². The Morgan fingerprint density at radius 2 is 0.838 bits per heavy atom. The first-order chi connectivity index (χ1) is 18.0. The molecule has 2 atom stereocenters. The van der Waals surface area contributed by atoms with Gasteiger partial charge in [0, 0.05) is 22.3 Å². The van der Waals surface area contributed by atoms with Gasteiger partial charge in [-0.2, -0.15) is 0 Å². The molecule has 1 fully saturated rings. The third-order valence-corrected chi connectivity index (χ3v) is 8.07. The van der Waals surface area contributed by atoms with E-state index in [0.29, 0.717) is 11.1 Å². The van der Waals surface area contributed by atoms with E-state index in [0.717, 1.165) is 0 Å². The lowest BCUT2D eigenvalue weighted by Crippen LogP contribution is -2.51. The fraction of sp³-hybridized carbons (Fsp3) is 0.125. The number of hydrogen-bond acceptors (Lipinski definition) is 5. The summed E-state index contributed by atoms with van der Waals surface area (Å²) < 4.78 is 6.64. The number of carbonyl (C=O) groups excluding carboxylic acids is 4. The number of ether oxygens (including phenoxy) is 1. The number of fused-ring (bicyclic) bond motifs is 2. The third kappa shape index (κ3) is 2.51. The van der Waals surface area contributed by atoms with Crippen LogP contribution in [-0.2, 0) is 4.74 Å². The first kappa shape index (κ1) is 21.8. The number of hydrogen-bond donors (Lipinski definition) is 0. The van der Waals surface area contributed by atoms with E-state index in [1.807, 2.05) is 12.1 Å². The molecule has 37 heavy (non-hydrogen) atoms. The second kappa shape index (κ2) is 7.51. The van der Waals surface area contributed by atoms with Gasteiger partial charge < -0.3 is 4.74 Å². The Morgan fingerprint density at radius 1 is 0.459 bits per heavy atom. The monoisotopic (exact) mass is 484 g/mol. The van der Waals surface area contributed by atoms with Crippen LogP contribution in [0, 0.1) is 5.41 Å². The molecule has 0 unspecified atom stereocenters. The zero-order valence-electron chi connectivity index (χ0n) is 19.6. The molecular formula is C32H20O5. The van der Waals surface area contributed by atoms with Crippen LogP contribution in [-0.4, -0.2) is 28.7 Å². The van der Waals surface area contributed by atoms with Gasteiger partial charge in [0.15, 0.2) is 11.6 Å². The van der Waals surface area contributed by atoms with Gasteiger partial charge in [0.2, 0.25) is 17.2 Å². The highest BCUT2D eigenvalue weighted by molar-refractivity contribution is 6.37. The molecule has 178 valence electrons. The average molecular weight is 485 g/mol. The van der Waals surface area contributed by atoms with E-state index in [1.54, 1.807) is 97.1 Å². The van der Waals surface area contributed by atoms with Gasteiger partial charge in [-0.15, -0.1) is 0 Å². The average Bonchev–Trinajstić information content (AvgIpc) is 3.48. The molecular weight excluding hydrogens is 464 g/mol. The topological polar surface area (TPSA) is 77.5 Å². The van der Waals surface area contributed by atoms with Crippen LogP contribution in [0.15, 0.2) is 109 Å². The number of Topliss-reactive ketones (excluding diaryl/α,β-unsaturated/α-hetero) is 4. The van der Waals surface area contributed by atoms with Crippen molar-refractivity contribution in [2.75, 3.05) is 0 Å². The van der Waals surface area contributed by atoms with Crippen LogP contribution in [0.5, 0.6) is 0 Å². The molecule has 0 bridgehead atoms.